The predicted molar refractivity (Wildman–Crippen MR) is 160 cm³/mol. The van der Waals surface area contributed by atoms with E-state index < -0.39 is 0 Å². The molecule has 7 aromatic rings. The van der Waals surface area contributed by atoms with E-state index in [4.69, 9.17) is 15.0 Å². The first-order chi connectivity index (χ1) is 19.8. The van der Waals surface area contributed by atoms with Crippen molar-refractivity contribution in [3.05, 3.63) is 140 Å². The molecule has 0 N–H and O–H groups in total. The topological polar surface area (TPSA) is 64.5 Å². The van der Waals surface area contributed by atoms with Crippen molar-refractivity contribution in [3.63, 3.8) is 0 Å². The Morgan fingerprint density at radius 3 is 1.32 bits per heavy atom. The molecule has 0 aliphatic heterocycles. The summed E-state index contributed by atoms with van der Waals surface area (Å²) in [6.45, 7) is 0. The lowest BCUT2D eigenvalue weighted by Crippen LogP contribution is -2.00. The summed E-state index contributed by atoms with van der Waals surface area (Å²) in [6.07, 6.45) is 3.53. The Kier molecular flexibility index (Phi) is 6.07. The SMILES string of the molecule is c1ccc(-c2nc(-c3ccccc3)nc(-c3ccc(-c4ccc5ccc(-c6ncccn6)cc5c4)cc3)n2)cc1. The van der Waals surface area contributed by atoms with Crippen LogP contribution < -0.4 is 0 Å². The molecule has 40 heavy (non-hydrogen) atoms. The zero-order valence-corrected chi connectivity index (χ0v) is 21.5. The minimum Gasteiger partial charge on any atom is -0.237 e. The molecule has 0 amide bonds. The Morgan fingerprint density at radius 1 is 0.300 bits per heavy atom. The summed E-state index contributed by atoms with van der Waals surface area (Å²) in [7, 11) is 0. The van der Waals surface area contributed by atoms with Gasteiger partial charge in [-0.2, -0.15) is 0 Å². The molecule has 0 atom stereocenters. The van der Waals surface area contributed by atoms with Crippen LogP contribution in [0.15, 0.2) is 140 Å². The standard InChI is InChI=1S/C35H23N5/c1-3-8-26(9-4-1)33-38-34(27-10-5-2-6-11-27)40-35(39-33)28-16-12-24(13-17-28)29-18-14-25-15-19-30(23-31(25)22-29)32-36-20-7-21-37-32/h1-23H. The van der Waals surface area contributed by atoms with Crippen molar-refractivity contribution in [1.82, 2.24) is 24.9 Å². The van der Waals surface area contributed by atoms with Crippen LogP contribution in [0.4, 0.5) is 0 Å². The highest BCUT2D eigenvalue weighted by Gasteiger charge is 2.12. The van der Waals surface area contributed by atoms with Gasteiger partial charge in [-0.25, -0.2) is 24.9 Å². The van der Waals surface area contributed by atoms with Crippen LogP contribution in [0.1, 0.15) is 0 Å². The first-order valence-electron chi connectivity index (χ1n) is 13.1. The molecule has 0 aliphatic rings. The fourth-order valence-corrected chi connectivity index (χ4v) is 4.76. The summed E-state index contributed by atoms with van der Waals surface area (Å²) in [5.41, 5.74) is 6.10. The Hall–Kier alpha value is -5.55. The number of nitrogens with zero attached hydrogens (tertiary/aromatic N) is 5. The van der Waals surface area contributed by atoms with Crippen LogP contribution in [0.25, 0.3) is 67.5 Å². The number of fused-ring (bicyclic) bond motifs is 1. The van der Waals surface area contributed by atoms with Gasteiger partial charge in [0, 0.05) is 34.6 Å². The van der Waals surface area contributed by atoms with Gasteiger partial charge in [0.15, 0.2) is 23.3 Å². The molecule has 7 rings (SSSR count). The van der Waals surface area contributed by atoms with E-state index in [1.54, 1.807) is 12.4 Å². The first-order valence-corrected chi connectivity index (χ1v) is 13.1. The van der Waals surface area contributed by atoms with E-state index in [0.29, 0.717) is 17.5 Å². The second-order valence-electron chi connectivity index (χ2n) is 9.46. The van der Waals surface area contributed by atoms with Gasteiger partial charge in [-0.3, -0.25) is 0 Å². The molecular formula is C35H23N5. The molecule has 0 bridgehead atoms. The highest BCUT2D eigenvalue weighted by Crippen LogP contribution is 2.30. The highest BCUT2D eigenvalue weighted by atomic mass is 15.0. The largest absolute Gasteiger partial charge is 0.237 e. The van der Waals surface area contributed by atoms with Gasteiger partial charge < -0.3 is 0 Å². The highest BCUT2D eigenvalue weighted by molar-refractivity contribution is 5.90. The molecule has 5 heteroatoms. The second-order valence-corrected chi connectivity index (χ2v) is 9.46. The zero-order valence-electron chi connectivity index (χ0n) is 21.5. The average Bonchev–Trinajstić information content (AvgIpc) is 3.05. The van der Waals surface area contributed by atoms with Crippen molar-refractivity contribution >= 4 is 10.8 Å². The Bertz CT molecular complexity index is 1860. The van der Waals surface area contributed by atoms with Crippen LogP contribution >= 0.6 is 0 Å². The van der Waals surface area contributed by atoms with Gasteiger partial charge in [0.05, 0.1) is 0 Å². The summed E-state index contributed by atoms with van der Waals surface area (Å²) in [5.74, 6) is 2.68. The third-order valence-electron chi connectivity index (χ3n) is 6.84. The van der Waals surface area contributed by atoms with Gasteiger partial charge in [-0.15, -0.1) is 0 Å². The Labute approximate surface area is 231 Å². The molecule has 0 saturated heterocycles. The van der Waals surface area contributed by atoms with E-state index >= 15 is 0 Å². The minimum atomic E-state index is 0.644. The summed E-state index contributed by atoms with van der Waals surface area (Å²) in [4.78, 5) is 23.3. The fraction of sp³-hybridized carbons (Fsp3) is 0. The van der Waals surface area contributed by atoms with Crippen molar-refractivity contribution in [1.29, 1.82) is 0 Å². The fourth-order valence-electron chi connectivity index (χ4n) is 4.76. The Morgan fingerprint density at radius 2 is 0.750 bits per heavy atom. The minimum absolute atomic E-state index is 0.644. The lowest BCUT2D eigenvalue weighted by molar-refractivity contribution is 1.07. The van der Waals surface area contributed by atoms with Crippen molar-refractivity contribution in [3.8, 4) is 56.7 Å². The normalized spacial score (nSPS) is 11.0. The lowest BCUT2D eigenvalue weighted by atomic mass is 9.99. The summed E-state index contributed by atoms with van der Waals surface area (Å²) < 4.78 is 0. The molecule has 5 nitrogen and oxygen atoms in total. The van der Waals surface area contributed by atoms with E-state index in [0.717, 1.165) is 44.6 Å². The van der Waals surface area contributed by atoms with Crippen LogP contribution in [0.5, 0.6) is 0 Å². The smallest absolute Gasteiger partial charge is 0.164 e. The third-order valence-corrected chi connectivity index (χ3v) is 6.84. The van der Waals surface area contributed by atoms with E-state index in [2.05, 4.69) is 70.6 Å². The second kappa shape index (κ2) is 10.3. The first kappa shape index (κ1) is 23.6. The monoisotopic (exact) mass is 513 g/mol. The van der Waals surface area contributed by atoms with E-state index in [-0.39, 0.29) is 0 Å². The molecule has 0 saturated carbocycles. The molecule has 0 spiro atoms. The maximum atomic E-state index is 4.85. The van der Waals surface area contributed by atoms with Gasteiger partial charge in [0.2, 0.25) is 0 Å². The van der Waals surface area contributed by atoms with Gasteiger partial charge in [-0.1, -0.05) is 109 Å². The number of benzene rings is 5. The lowest BCUT2D eigenvalue weighted by Gasteiger charge is -2.09. The summed E-state index contributed by atoms with van der Waals surface area (Å²) >= 11 is 0. The van der Waals surface area contributed by atoms with Crippen molar-refractivity contribution in [2.45, 2.75) is 0 Å². The van der Waals surface area contributed by atoms with Gasteiger partial charge in [0.1, 0.15) is 0 Å². The van der Waals surface area contributed by atoms with E-state index in [9.17, 15) is 0 Å². The molecule has 5 aromatic carbocycles. The number of hydrogen-bond donors (Lipinski definition) is 0. The molecule has 0 unspecified atom stereocenters. The van der Waals surface area contributed by atoms with Crippen molar-refractivity contribution in [2.24, 2.45) is 0 Å². The number of aromatic nitrogens is 5. The molecule has 2 aromatic heterocycles. The molecule has 188 valence electrons. The summed E-state index contributed by atoms with van der Waals surface area (Å²) in [5, 5.41) is 2.32. The molecule has 2 heterocycles. The van der Waals surface area contributed by atoms with Crippen molar-refractivity contribution in [2.75, 3.05) is 0 Å². The molecule has 0 aliphatic carbocycles. The molecule has 0 radical (unpaired) electrons. The number of hydrogen-bond acceptors (Lipinski definition) is 5. The van der Waals surface area contributed by atoms with Gasteiger partial charge >= 0.3 is 0 Å². The van der Waals surface area contributed by atoms with Crippen LogP contribution in [-0.2, 0) is 0 Å². The third kappa shape index (κ3) is 4.72. The predicted octanol–water partition coefficient (Wildman–Crippen LogP) is 8.15. The van der Waals surface area contributed by atoms with Gasteiger partial charge in [0.25, 0.3) is 0 Å². The average molecular weight is 514 g/mol. The zero-order chi connectivity index (χ0) is 26.7. The quantitative estimate of drug-likeness (QED) is 0.232. The number of rotatable bonds is 5. The van der Waals surface area contributed by atoms with Crippen LogP contribution in [0, 0.1) is 0 Å². The van der Waals surface area contributed by atoms with E-state index in [1.165, 1.54) is 5.39 Å². The van der Waals surface area contributed by atoms with Crippen LogP contribution in [-0.4, -0.2) is 24.9 Å². The Balaban J connectivity index is 1.26. The summed E-state index contributed by atoms with van der Waals surface area (Å²) in [6, 6.07) is 43.1. The molecular weight excluding hydrogens is 490 g/mol. The maximum Gasteiger partial charge on any atom is 0.164 e. The molecule has 0 fully saturated rings. The van der Waals surface area contributed by atoms with E-state index in [1.807, 2.05) is 66.7 Å². The maximum absolute atomic E-state index is 4.85. The van der Waals surface area contributed by atoms with Crippen LogP contribution in [0.2, 0.25) is 0 Å². The van der Waals surface area contributed by atoms with Crippen molar-refractivity contribution < 1.29 is 0 Å². The van der Waals surface area contributed by atoms with Crippen LogP contribution in [0.3, 0.4) is 0 Å². The van der Waals surface area contributed by atoms with Gasteiger partial charge in [-0.05, 0) is 40.1 Å².